The Balaban J connectivity index is 2.66. The van der Waals surface area contributed by atoms with Gasteiger partial charge in [-0.05, 0) is 26.3 Å². The maximum absolute atomic E-state index is 11.9. The van der Waals surface area contributed by atoms with Gasteiger partial charge in [-0.1, -0.05) is 25.6 Å². The average Bonchev–Trinajstić information content (AvgIpc) is 2.80. The Bertz CT molecular complexity index is 514. The van der Waals surface area contributed by atoms with Crippen molar-refractivity contribution in [1.29, 1.82) is 0 Å². The molecule has 7 nitrogen and oxygen atoms in total. The van der Waals surface area contributed by atoms with Crippen molar-refractivity contribution in [3.8, 4) is 0 Å². The third-order valence-corrected chi connectivity index (χ3v) is 4.18. The Labute approximate surface area is 128 Å². The van der Waals surface area contributed by atoms with Gasteiger partial charge >= 0.3 is 11.7 Å². The minimum absolute atomic E-state index is 0.193. The van der Waals surface area contributed by atoms with E-state index in [1.54, 1.807) is 4.57 Å². The quantitative estimate of drug-likeness (QED) is 0.522. The molecule has 1 aromatic heterocycles. The van der Waals surface area contributed by atoms with Gasteiger partial charge in [0.25, 0.3) is 0 Å². The monoisotopic (exact) mass is 316 g/mol. The summed E-state index contributed by atoms with van der Waals surface area (Å²) in [7, 11) is 1.39. The van der Waals surface area contributed by atoms with Crippen LogP contribution >= 0.6 is 11.8 Å². The molecule has 1 atom stereocenters. The number of H-pyrrole nitrogens is 1. The molecule has 0 radical (unpaired) electrons. The number of methoxy groups -OCH3 is 1. The summed E-state index contributed by atoms with van der Waals surface area (Å²) in [4.78, 5) is 23.5. The highest BCUT2D eigenvalue weighted by atomic mass is 32.2. The highest BCUT2D eigenvalue weighted by Crippen LogP contribution is 2.20. The standard InChI is InChI=1S/C13H24N4O3S/c1-5-8-17-11(19)15-16-12(17)21-9-7-13(3,14-6-2)10(18)20-4/h14H,5-9H2,1-4H3,(H,15,19). The van der Waals surface area contributed by atoms with Crippen LogP contribution in [0.3, 0.4) is 0 Å². The van der Waals surface area contributed by atoms with Crippen LogP contribution in [0.5, 0.6) is 0 Å². The molecule has 0 spiro atoms. The van der Waals surface area contributed by atoms with Crippen LogP contribution in [0.15, 0.2) is 9.95 Å². The van der Waals surface area contributed by atoms with Gasteiger partial charge in [0.05, 0.1) is 7.11 Å². The van der Waals surface area contributed by atoms with Crippen LogP contribution in [0.25, 0.3) is 0 Å². The molecule has 0 aliphatic heterocycles. The van der Waals surface area contributed by atoms with Gasteiger partial charge in [0.15, 0.2) is 5.16 Å². The lowest BCUT2D eigenvalue weighted by molar-refractivity contribution is -0.147. The molecule has 0 saturated heterocycles. The van der Waals surface area contributed by atoms with Crippen molar-refractivity contribution in [2.24, 2.45) is 0 Å². The predicted octanol–water partition coefficient (Wildman–Crippen LogP) is 1.00. The molecule has 0 aromatic carbocycles. The molecule has 21 heavy (non-hydrogen) atoms. The maximum atomic E-state index is 11.9. The van der Waals surface area contributed by atoms with E-state index in [9.17, 15) is 9.59 Å². The fourth-order valence-corrected chi connectivity index (χ4v) is 3.19. The molecule has 1 unspecified atom stereocenters. The number of nitrogens with one attached hydrogen (secondary N) is 2. The van der Waals surface area contributed by atoms with Gasteiger partial charge in [-0.15, -0.1) is 5.10 Å². The Morgan fingerprint density at radius 3 is 2.81 bits per heavy atom. The highest BCUT2D eigenvalue weighted by Gasteiger charge is 2.33. The summed E-state index contributed by atoms with van der Waals surface area (Å²) in [6.45, 7) is 7.10. The lowest BCUT2D eigenvalue weighted by atomic mass is 9.99. The number of nitrogens with zero attached hydrogens (tertiary/aromatic N) is 2. The third kappa shape index (κ3) is 4.60. The van der Waals surface area contributed by atoms with E-state index in [4.69, 9.17) is 4.74 Å². The van der Waals surface area contributed by atoms with Gasteiger partial charge in [-0.2, -0.15) is 0 Å². The van der Waals surface area contributed by atoms with Gasteiger partial charge in [-0.3, -0.25) is 9.36 Å². The number of thioether (sulfide) groups is 1. The summed E-state index contributed by atoms with van der Waals surface area (Å²) < 4.78 is 6.47. The van der Waals surface area contributed by atoms with Gasteiger partial charge < -0.3 is 10.1 Å². The number of likely N-dealkylation sites (N-methyl/N-ethyl adjacent to an activating group) is 1. The number of ether oxygens (including phenoxy) is 1. The maximum Gasteiger partial charge on any atom is 0.343 e. The first kappa shape index (κ1) is 17.8. The summed E-state index contributed by atoms with van der Waals surface area (Å²) in [5.74, 6) is 0.380. The number of hydrogen-bond acceptors (Lipinski definition) is 6. The van der Waals surface area contributed by atoms with Crippen LogP contribution in [0.2, 0.25) is 0 Å². The van der Waals surface area contributed by atoms with Crippen LogP contribution in [0, 0.1) is 0 Å². The number of carbonyl (C=O) groups excluding carboxylic acids is 1. The molecule has 2 N–H and O–H groups in total. The first-order chi connectivity index (χ1) is 9.98. The number of hydrogen-bond donors (Lipinski definition) is 2. The molecule has 0 amide bonds. The van der Waals surface area contributed by atoms with Crippen molar-refractivity contribution >= 4 is 17.7 Å². The van der Waals surface area contributed by atoms with E-state index >= 15 is 0 Å². The summed E-state index contributed by atoms with van der Waals surface area (Å²) in [5.41, 5.74) is -0.912. The van der Waals surface area contributed by atoms with E-state index in [-0.39, 0.29) is 11.7 Å². The summed E-state index contributed by atoms with van der Waals surface area (Å²) in [6, 6.07) is 0. The van der Waals surface area contributed by atoms with Crippen molar-refractivity contribution in [2.75, 3.05) is 19.4 Å². The normalized spacial score (nSPS) is 13.9. The Morgan fingerprint density at radius 2 is 2.24 bits per heavy atom. The topological polar surface area (TPSA) is 89.0 Å². The summed E-state index contributed by atoms with van der Waals surface area (Å²) in [6.07, 6.45) is 1.45. The molecular formula is C13H24N4O3S. The van der Waals surface area contributed by atoms with Gasteiger partial charge in [0.2, 0.25) is 0 Å². The van der Waals surface area contributed by atoms with E-state index in [0.29, 0.717) is 30.4 Å². The molecule has 0 bridgehead atoms. The van der Waals surface area contributed by atoms with E-state index in [1.165, 1.54) is 18.9 Å². The lowest BCUT2D eigenvalue weighted by Crippen LogP contribution is -2.50. The van der Waals surface area contributed by atoms with Crippen molar-refractivity contribution in [3.63, 3.8) is 0 Å². The largest absolute Gasteiger partial charge is 0.468 e. The van der Waals surface area contributed by atoms with Gasteiger partial charge in [-0.25, -0.2) is 9.89 Å². The van der Waals surface area contributed by atoms with Gasteiger partial charge in [0.1, 0.15) is 5.54 Å². The summed E-state index contributed by atoms with van der Waals surface area (Å²) >= 11 is 1.46. The Morgan fingerprint density at radius 1 is 1.52 bits per heavy atom. The zero-order chi connectivity index (χ0) is 15.9. The highest BCUT2D eigenvalue weighted by molar-refractivity contribution is 7.99. The van der Waals surface area contributed by atoms with E-state index < -0.39 is 5.54 Å². The first-order valence-corrected chi connectivity index (χ1v) is 8.08. The molecule has 0 fully saturated rings. The Hall–Kier alpha value is -1.28. The SMILES string of the molecule is CCCn1c(SCCC(C)(NCC)C(=O)OC)n[nH]c1=O. The van der Waals surface area contributed by atoms with Crippen LogP contribution < -0.4 is 11.0 Å². The minimum Gasteiger partial charge on any atom is -0.468 e. The smallest absolute Gasteiger partial charge is 0.343 e. The molecular weight excluding hydrogens is 292 g/mol. The number of aromatic nitrogens is 3. The number of esters is 1. The molecule has 0 aliphatic rings. The second-order valence-corrected chi connectivity index (χ2v) is 5.98. The average molecular weight is 316 g/mol. The molecule has 8 heteroatoms. The molecule has 1 aromatic rings. The Kier molecular flexibility index (Phi) is 6.97. The number of rotatable bonds is 9. The third-order valence-electron chi connectivity index (χ3n) is 3.21. The zero-order valence-electron chi connectivity index (χ0n) is 13.1. The molecule has 0 saturated carbocycles. The fraction of sp³-hybridized carbons (Fsp3) is 0.769. The second kappa shape index (κ2) is 8.23. The van der Waals surface area contributed by atoms with Crippen molar-refractivity contribution in [3.05, 3.63) is 10.5 Å². The van der Waals surface area contributed by atoms with Crippen LogP contribution in [-0.2, 0) is 16.1 Å². The predicted molar refractivity (Wildman–Crippen MR) is 82.6 cm³/mol. The first-order valence-electron chi connectivity index (χ1n) is 7.10. The molecule has 120 valence electrons. The lowest BCUT2D eigenvalue weighted by Gasteiger charge is -2.27. The van der Waals surface area contributed by atoms with Crippen LogP contribution in [-0.4, -0.2) is 45.7 Å². The number of aromatic amines is 1. The summed E-state index contributed by atoms with van der Waals surface area (Å²) in [5, 5.41) is 10.3. The van der Waals surface area contributed by atoms with Crippen LogP contribution in [0.1, 0.15) is 33.6 Å². The molecule has 1 heterocycles. The zero-order valence-corrected chi connectivity index (χ0v) is 13.9. The molecule has 1 rings (SSSR count). The minimum atomic E-state index is -0.720. The van der Waals surface area contributed by atoms with E-state index in [2.05, 4.69) is 15.5 Å². The van der Waals surface area contributed by atoms with Crippen molar-refractivity contribution in [1.82, 2.24) is 20.1 Å². The second-order valence-electron chi connectivity index (χ2n) is 4.92. The van der Waals surface area contributed by atoms with Crippen LogP contribution in [0.4, 0.5) is 0 Å². The fourth-order valence-electron chi connectivity index (χ4n) is 2.06. The van der Waals surface area contributed by atoms with Crippen molar-refractivity contribution in [2.45, 2.75) is 50.9 Å². The van der Waals surface area contributed by atoms with Crippen molar-refractivity contribution < 1.29 is 9.53 Å². The van der Waals surface area contributed by atoms with E-state index in [0.717, 1.165) is 6.42 Å². The van der Waals surface area contributed by atoms with Gasteiger partial charge in [0, 0.05) is 12.3 Å². The molecule has 0 aliphatic carbocycles. The number of carbonyl (C=O) groups is 1. The van der Waals surface area contributed by atoms with E-state index in [1.807, 2.05) is 20.8 Å².